The maximum Gasteiger partial charge on any atom is 0.410 e. The van der Waals surface area contributed by atoms with E-state index >= 15 is 0 Å². The van der Waals surface area contributed by atoms with E-state index in [0.29, 0.717) is 18.9 Å². The van der Waals surface area contributed by atoms with Crippen LogP contribution in [0.3, 0.4) is 0 Å². The highest BCUT2D eigenvalue weighted by Crippen LogP contribution is 2.36. The summed E-state index contributed by atoms with van der Waals surface area (Å²) in [5, 5.41) is 24.2. The maximum absolute atomic E-state index is 12.6. The first-order chi connectivity index (χ1) is 15.1. The van der Waals surface area contributed by atoms with Gasteiger partial charge < -0.3 is 24.7 Å². The van der Waals surface area contributed by atoms with Crippen molar-refractivity contribution in [3.63, 3.8) is 0 Å². The fraction of sp³-hybridized carbons (Fsp3) is 0.727. The third kappa shape index (κ3) is 8.09. The van der Waals surface area contributed by atoms with Gasteiger partial charge in [0.2, 0.25) is 0 Å². The maximum atomic E-state index is 12.6. The number of nitrogens with zero attached hydrogens (tertiary/aromatic N) is 3. The van der Waals surface area contributed by atoms with Crippen LogP contribution in [0.4, 0.5) is 10.6 Å². The zero-order chi connectivity index (χ0) is 25.0. The summed E-state index contributed by atoms with van der Waals surface area (Å²) in [6, 6.07) is 4.49. The van der Waals surface area contributed by atoms with Gasteiger partial charge in [-0.2, -0.15) is 0 Å². The van der Waals surface area contributed by atoms with Gasteiger partial charge in [0.05, 0.1) is 12.7 Å². The van der Waals surface area contributed by atoms with Gasteiger partial charge in [-0.3, -0.25) is 0 Å². The molecule has 0 aliphatic carbocycles. The molecule has 1 aliphatic rings. The molecule has 1 saturated heterocycles. The summed E-state index contributed by atoms with van der Waals surface area (Å²) in [4.78, 5) is 20.3. The second kappa shape index (κ2) is 10.5. The third-order valence-corrected chi connectivity index (χ3v) is 6.39. The number of nitrogens with two attached hydrogens (primary N) is 1. The van der Waals surface area contributed by atoms with Crippen LogP contribution in [0, 0.1) is 5.92 Å². The van der Waals surface area contributed by atoms with Gasteiger partial charge in [-0.1, -0.05) is 6.07 Å². The molecular weight excluding hydrogens is 448 g/mol. The molecule has 1 aromatic rings. The quantitative estimate of drug-likeness (QED) is 0.478. The average molecular weight is 487 g/mol. The van der Waals surface area contributed by atoms with Crippen molar-refractivity contribution in [3.8, 4) is 0 Å². The number of anilines is 1. The molecule has 4 N–H and O–H groups in total. The van der Waals surface area contributed by atoms with Crippen LogP contribution in [0.5, 0.6) is 0 Å². The van der Waals surface area contributed by atoms with E-state index in [4.69, 9.17) is 9.88 Å². The molecule has 11 heteroatoms. The highest BCUT2D eigenvalue weighted by molar-refractivity contribution is 7.89. The van der Waals surface area contributed by atoms with E-state index in [0.717, 1.165) is 19.3 Å². The van der Waals surface area contributed by atoms with Gasteiger partial charge in [-0.05, 0) is 71.9 Å². The summed E-state index contributed by atoms with van der Waals surface area (Å²) in [7, 11) is -3.97. The smallest absolute Gasteiger partial charge is 0.410 e. The SMILES string of the molecule is CC(C)(C)OC(=O)N1C[C@@H](CCCN(CC(O)CO)c2cccc(S(N)(=O)=O)n2)CC1(C)C. The number of carbonyl (C=O) groups is 1. The first-order valence-electron chi connectivity index (χ1n) is 11.2. The number of amides is 1. The molecule has 1 amide bonds. The minimum atomic E-state index is -3.97. The first-order valence-corrected chi connectivity index (χ1v) is 12.7. The summed E-state index contributed by atoms with van der Waals surface area (Å²) in [5.74, 6) is 0.636. The molecule has 0 bridgehead atoms. The van der Waals surface area contributed by atoms with Crippen LogP contribution in [0.25, 0.3) is 0 Å². The van der Waals surface area contributed by atoms with Crippen molar-refractivity contribution in [1.82, 2.24) is 9.88 Å². The van der Waals surface area contributed by atoms with Crippen LogP contribution in [0.1, 0.15) is 53.9 Å². The standard InChI is InChI=1S/C22H38N4O6S/c1-21(2,3)32-20(29)26-13-16(12-22(26,4)5)8-7-11-25(14-17(28)15-27)18-9-6-10-19(24-18)33(23,30)31/h6,9-10,16-17,27-28H,7-8,11-15H2,1-5H3,(H2,23,30,31)/t16-,17?/m0/s1. The molecular formula is C22H38N4O6S. The van der Waals surface area contributed by atoms with Crippen LogP contribution in [0.2, 0.25) is 0 Å². The van der Waals surface area contributed by atoms with E-state index in [1.807, 2.05) is 34.6 Å². The Morgan fingerprint density at radius 3 is 2.64 bits per heavy atom. The lowest BCUT2D eigenvalue weighted by Crippen LogP contribution is -2.45. The van der Waals surface area contributed by atoms with Crippen molar-refractivity contribution in [2.24, 2.45) is 11.1 Å². The predicted octanol–water partition coefficient (Wildman–Crippen LogP) is 1.70. The van der Waals surface area contributed by atoms with Crippen molar-refractivity contribution in [1.29, 1.82) is 0 Å². The van der Waals surface area contributed by atoms with Crippen LogP contribution in [-0.2, 0) is 14.8 Å². The number of aliphatic hydroxyl groups excluding tert-OH is 2. The van der Waals surface area contributed by atoms with Gasteiger partial charge in [0.25, 0.3) is 10.0 Å². The number of aliphatic hydroxyl groups is 2. The topological polar surface area (TPSA) is 146 Å². The lowest BCUT2D eigenvalue weighted by molar-refractivity contribution is 0.0130. The minimum Gasteiger partial charge on any atom is -0.444 e. The number of ether oxygens (including phenoxy) is 1. The molecule has 1 aliphatic heterocycles. The van der Waals surface area contributed by atoms with Crippen molar-refractivity contribution in [2.45, 2.75) is 76.2 Å². The van der Waals surface area contributed by atoms with Crippen LogP contribution >= 0.6 is 0 Å². The fourth-order valence-corrected chi connectivity index (χ4v) is 4.63. The van der Waals surface area contributed by atoms with Gasteiger partial charge in [0, 0.05) is 25.2 Å². The molecule has 2 atom stereocenters. The molecule has 2 heterocycles. The van der Waals surface area contributed by atoms with E-state index in [9.17, 15) is 23.4 Å². The van der Waals surface area contributed by atoms with Crippen molar-refractivity contribution >= 4 is 21.9 Å². The molecule has 1 aromatic heterocycles. The molecule has 2 rings (SSSR count). The molecule has 10 nitrogen and oxygen atoms in total. The second-order valence-electron chi connectivity index (χ2n) is 10.3. The lowest BCUT2D eigenvalue weighted by atomic mass is 9.93. The number of pyridine rings is 1. The molecule has 0 radical (unpaired) electrons. The van der Waals surface area contributed by atoms with Gasteiger partial charge >= 0.3 is 6.09 Å². The Kier molecular flexibility index (Phi) is 8.72. The molecule has 188 valence electrons. The zero-order valence-corrected chi connectivity index (χ0v) is 21.0. The van der Waals surface area contributed by atoms with Gasteiger partial charge in [0.15, 0.2) is 5.03 Å². The average Bonchev–Trinajstić information content (AvgIpc) is 2.99. The largest absolute Gasteiger partial charge is 0.444 e. The van der Waals surface area contributed by atoms with E-state index in [2.05, 4.69) is 4.98 Å². The minimum absolute atomic E-state index is 0.0950. The normalized spacial score (nSPS) is 19.4. The summed E-state index contributed by atoms with van der Waals surface area (Å²) >= 11 is 0. The highest BCUT2D eigenvalue weighted by atomic mass is 32.2. The number of rotatable bonds is 9. The number of aromatic nitrogens is 1. The van der Waals surface area contributed by atoms with Gasteiger partial charge in [-0.15, -0.1) is 0 Å². The number of sulfonamides is 1. The molecule has 1 fully saturated rings. The number of hydrogen-bond donors (Lipinski definition) is 3. The number of primary sulfonamides is 1. The summed E-state index contributed by atoms with van der Waals surface area (Å²) < 4.78 is 28.9. The Labute approximate surface area is 196 Å². The molecule has 1 unspecified atom stereocenters. The number of carbonyl (C=O) groups excluding carboxylic acids is 1. The van der Waals surface area contributed by atoms with E-state index < -0.39 is 28.3 Å². The van der Waals surface area contributed by atoms with Crippen molar-refractivity contribution in [2.75, 3.05) is 31.1 Å². The lowest BCUT2D eigenvalue weighted by Gasteiger charge is -2.33. The third-order valence-electron chi connectivity index (χ3n) is 5.58. The summed E-state index contributed by atoms with van der Waals surface area (Å²) in [5.41, 5.74) is -0.872. The molecule has 0 saturated carbocycles. The van der Waals surface area contributed by atoms with Crippen LogP contribution < -0.4 is 10.0 Å². The Bertz CT molecular complexity index is 916. The molecule has 33 heavy (non-hydrogen) atoms. The van der Waals surface area contributed by atoms with E-state index in [1.54, 1.807) is 21.9 Å². The molecule has 0 aromatic carbocycles. The Balaban J connectivity index is 2.05. The first kappa shape index (κ1) is 27.3. The Morgan fingerprint density at radius 1 is 1.39 bits per heavy atom. The number of hydrogen-bond acceptors (Lipinski definition) is 8. The van der Waals surface area contributed by atoms with Gasteiger partial charge in [0.1, 0.15) is 11.4 Å². The van der Waals surface area contributed by atoms with Crippen LogP contribution in [-0.4, -0.2) is 78.1 Å². The zero-order valence-electron chi connectivity index (χ0n) is 20.2. The second-order valence-corrected chi connectivity index (χ2v) is 11.8. The van der Waals surface area contributed by atoms with Crippen molar-refractivity contribution in [3.05, 3.63) is 18.2 Å². The van der Waals surface area contributed by atoms with Gasteiger partial charge in [-0.25, -0.2) is 23.3 Å². The van der Waals surface area contributed by atoms with Crippen molar-refractivity contribution < 1.29 is 28.2 Å². The fourth-order valence-electron chi connectivity index (χ4n) is 4.14. The predicted molar refractivity (Wildman–Crippen MR) is 125 cm³/mol. The highest BCUT2D eigenvalue weighted by Gasteiger charge is 2.42. The van der Waals surface area contributed by atoms with E-state index in [-0.39, 0.29) is 29.1 Å². The Hall–Kier alpha value is -1.95. The van der Waals surface area contributed by atoms with Crippen LogP contribution in [0.15, 0.2) is 23.2 Å². The summed E-state index contributed by atoms with van der Waals surface area (Å²) in [6.45, 7) is 10.4. The summed E-state index contributed by atoms with van der Waals surface area (Å²) in [6.07, 6.45) is 1.07. The Morgan fingerprint density at radius 2 is 2.06 bits per heavy atom. The monoisotopic (exact) mass is 486 g/mol. The molecule has 0 spiro atoms. The van der Waals surface area contributed by atoms with E-state index in [1.165, 1.54) is 6.07 Å². The number of likely N-dealkylation sites (tertiary alicyclic amines) is 1.